The molecule has 0 aliphatic carbocycles. The molecule has 4 atom stereocenters. The molecule has 6 aromatic carbocycles. The summed E-state index contributed by atoms with van der Waals surface area (Å²) in [6, 6.07) is 35.0. The maximum atomic E-state index is 15.6. The summed E-state index contributed by atoms with van der Waals surface area (Å²) in [5.74, 6) is -7.21. The number of aliphatic hydroxyl groups is 2. The number of benzene rings is 6. The van der Waals surface area contributed by atoms with Crippen LogP contribution in [0.4, 0.5) is 27.2 Å². The van der Waals surface area contributed by atoms with Gasteiger partial charge in [-0.05, 0) is 77.4 Å². The number of thiazole rings is 2. The number of ether oxygens (including phenoxy) is 5. The van der Waals surface area contributed by atoms with E-state index < -0.39 is 83.4 Å². The summed E-state index contributed by atoms with van der Waals surface area (Å²) >= 11 is 8.04. The second kappa shape index (κ2) is 34.2. The largest absolute Gasteiger partial charge is 1.00 e. The number of halogens is 5. The van der Waals surface area contributed by atoms with Crippen LogP contribution in [0.25, 0.3) is 22.5 Å². The molecule has 0 radical (unpaired) electrons. The Bertz CT molecular complexity index is 4260. The zero-order chi connectivity index (χ0) is 66.7. The van der Waals surface area contributed by atoms with Crippen molar-refractivity contribution in [3.63, 3.8) is 0 Å². The molecule has 94 heavy (non-hydrogen) atoms. The number of alkyl halides is 1. The molecular weight excluding hydrogens is 1320 g/mol. The van der Waals surface area contributed by atoms with Crippen molar-refractivity contribution in [1.82, 2.24) is 39.5 Å². The van der Waals surface area contributed by atoms with Crippen LogP contribution >= 0.6 is 34.3 Å². The van der Waals surface area contributed by atoms with Gasteiger partial charge in [-0.3, -0.25) is 0 Å². The molecule has 10 rings (SSSR count). The van der Waals surface area contributed by atoms with Crippen LogP contribution in [0, 0.1) is 45.9 Å². The third-order valence-electron chi connectivity index (χ3n) is 14.1. The third kappa shape index (κ3) is 18.4. The summed E-state index contributed by atoms with van der Waals surface area (Å²) in [5.41, 5.74) is 1.21. The number of carbonyl (C=O) groups is 4. The SMILES string of the molecule is C[C@@H](c1nc(-c2ccc(C#N)cc2)cs1)C(Cn1cncn1)(OC(=O)OCCl)c1ccc(F)cc1F.C[C@@H](c1nc(-c2ccc(C#N)cc2)cs1)C(Cn1cncn1)(OC(=O)OCOC(=O)c1ccc(CO)cc1)c1ccc(F)cc1F.O=C([O-])c1ccc(CO)cc1.[K+]. The number of carboxylic acid groups (broad SMARTS) is 1. The number of nitrogens with zero attached hydrogens (tertiary/aromatic N) is 10. The van der Waals surface area contributed by atoms with E-state index in [0.717, 1.165) is 29.3 Å². The molecule has 0 spiro atoms. The average Bonchev–Trinajstić information content (AvgIpc) is 1.23. The first-order valence-electron chi connectivity index (χ1n) is 27.4. The minimum absolute atomic E-state index is 0. The van der Waals surface area contributed by atoms with Crippen molar-refractivity contribution in [3.05, 3.63) is 247 Å². The van der Waals surface area contributed by atoms with Crippen molar-refractivity contribution in [2.75, 3.05) is 12.9 Å². The minimum Gasteiger partial charge on any atom is -0.545 e. The number of nitriles is 2. The van der Waals surface area contributed by atoms with Gasteiger partial charge in [-0.25, -0.2) is 61.2 Å². The zero-order valence-corrected chi connectivity index (χ0v) is 55.2. The summed E-state index contributed by atoms with van der Waals surface area (Å²) in [4.78, 5) is 65.7. The summed E-state index contributed by atoms with van der Waals surface area (Å²) in [6.07, 6.45) is 2.77. The van der Waals surface area contributed by atoms with Gasteiger partial charge >= 0.3 is 69.7 Å². The van der Waals surface area contributed by atoms with Crippen molar-refractivity contribution in [1.29, 1.82) is 10.5 Å². The van der Waals surface area contributed by atoms with Gasteiger partial charge in [0.1, 0.15) is 58.6 Å². The standard InChI is InChI=1S/C32H25F2N5O6S.C24H18ClF2N5O3S.C8H8O3.K/c1-20(29-38-28(15-46-29)23-6-2-21(13-35)3-7-23)32(16-39-18-36-17-37-39,26-11-10-25(33)12-27(26)34)45-31(42)44-19-43-30(41)24-8-4-22(14-40)5-9-24;1-15(22-31-21(10-36-22)17-4-2-16(9-28)3-5-17)24(35-23(33)34-12-25,11-32-14-29-13-30-32)19-7-6-18(26)8-20(19)27;9-5-6-1-3-7(4-2-6)8(10)11;/h2-12,15,17-18,20,40H,14,16,19H2,1H3;2-8,10,13-15H,11-12H2,1H3;1-4,9H,5H2,(H,10,11);/q;;;+1/p-1/t20-,32?;15-,24?;;/m00../s1. The van der Waals surface area contributed by atoms with Gasteiger partial charge in [0, 0.05) is 45.1 Å². The number of esters is 1. The number of rotatable bonds is 21. The van der Waals surface area contributed by atoms with Gasteiger partial charge in [-0.1, -0.05) is 86.1 Å². The molecule has 0 amide bonds. The summed E-state index contributed by atoms with van der Waals surface area (Å²) < 4.78 is 88.0. The van der Waals surface area contributed by atoms with Crippen molar-refractivity contribution >= 4 is 58.5 Å². The number of aromatic carboxylic acids is 1. The second-order valence-electron chi connectivity index (χ2n) is 19.8. The summed E-state index contributed by atoms with van der Waals surface area (Å²) in [5, 5.41) is 58.9. The zero-order valence-electron chi connectivity index (χ0n) is 49.7. The number of aromatic nitrogens is 8. The maximum absolute atomic E-state index is 15.6. The Morgan fingerprint density at radius 3 is 1.38 bits per heavy atom. The van der Waals surface area contributed by atoms with Crippen LogP contribution in [0.5, 0.6) is 0 Å². The Morgan fingerprint density at radius 1 is 0.606 bits per heavy atom. The Balaban J connectivity index is 0.000000231. The fourth-order valence-corrected chi connectivity index (χ4v) is 11.2. The van der Waals surface area contributed by atoms with Crippen molar-refractivity contribution in [3.8, 4) is 34.7 Å². The summed E-state index contributed by atoms with van der Waals surface area (Å²) in [7, 11) is 0. The van der Waals surface area contributed by atoms with E-state index in [1.165, 1.54) is 99.8 Å². The number of aliphatic hydroxyl groups excluding tert-OH is 2. The molecule has 0 aliphatic heterocycles. The Kier molecular flexibility index (Phi) is 26.3. The molecule has 2 unspecified atom stereocenters. The van der Waals surface area contributed by atoms with E-state index in [1.807, 2.05) is 0 Å². The Morgan fingerprint density at radius 2 is 1.02 bits per heavy atom. The van der Waals surface area contributed by atoms with Gasteiger partial charge in [0.15, 0.2) is 17.3 Å². The molecule has 30 heteroatoms. The molecule has 2 N–H and O–H groups in total. The second-order valence-corrected chi connectivity index (χ2v) is 21.8. The maximum Gasteiger partial charge on any atom is 1.00 e. The molecule has 0 fully saturated rings. The predicted molar refractivity (Wildman–Crippen MR) is 323 cm³/mol. The van der Waals surface area contributed by atoms with E-state index in [4.69, 9.17) is 60.9 Å². The van der Waals surface area contributed by atoms with E-state index in [-0.39, 0.29) is 99.9 Å². The topological polar surface area (TPSA) is 313 Å². The fourth-order valence-electron chi connectivity index (χ4n) is 9.21. The predicted octanol–water partition coefficient (Wildman–Crippen LogP) is 7.86. The van der Waals surface area contributed by atoms with E-state index in [1.54, 1.807) is 85.3 Å². The quantitative estimate of drug-likeness (QED) is 0.0173. The van der Waals surface area contributed by atoms with Crippen LogP contribution in [-0.2, 0) is 61.2 Å². The first kappa shape index (κ1) is 72.3. The van der Waals surface area contributed by atoms with Crippen molar-refractivity contribution in [2.24, 2.45) is 0 Å². The fraction of sp³-hybridized carbons (Fsp3) is 0.188. The van der Waals surface area contributed by atoms with Gasteiger partial charge in [0.05, 0.1) is 84.3 Å². The Hall–Kier alpha value is -9.11. The first-order chi connectivity index (χ1) is 44.8. The molecule has 4 heterocycles. The van der Waals surface area contributed by atoms with Crippen LogP contribution in [0.1, 0.15) is 89.8 Å². The molecule has 0 aliphatic rings. The van der Waals surface area contributed by atoms with Gasteiger partial charge in [0.2, 0.25) is 6.79 Å². The van der Waals surface area contributed by atoms with Crippen molar-refractivity contribution < 1.29 is 127 Å². The van der Waals surface area contributed by atoms with Gasteiger partial charge in [0.25, 0.3) is 0 Å². The summed E-state index contributed by atoms with van der Waals surface area (Å²) in [6.45, 7) is 1.78. The van der Waals surface area contributed by atoms with E-state index in [2.05, 4.69) is 32.3 Å². The van der Waals surface area contributed by atoms with Crippen LogP contribution in [0.2, 0.25) is 0 Å². The van der Waals surface area contributed by atoms with E-state index in [9.17, 15) is 38.2 Å². The smallest absolute Gasteiger partial charge is 0.545 e. The molecule has 0 bridgehead atoms. The van der Waals surface area contributed by atoms with E-state index in [0.29, 0.717) is 55.8 Å². The monoisotopic (exact) mass is 1360 g/mol. The molecule has 0 saturated heterocycles. The average molecular weight is 1370 g/mol. The van der Waals surface area contributed by atoms with E-state index >= 15 is 8.78 Å². The number of hydrogen-bond acceptors (Lipinski definition) is 22. The van der Waals surface area contributed by atoms with Crippen LogP contribution in [-0.4, -0.2) is 86.8 Å². The van der Waals surface area contributed by atoms with Crippen LogP contribution < -0.4 is 56.5 Å². The number of carbonyl (C=O) groups excluding carboxylic acids is 4. The molecule has 476 valence electrons. The molecule has 22 nitrogen and oxygen atoms in total. The minimum atomic E-state index is -1.92. The van der Waals surface area contributed by atoms with Crippen LogP contribution in [0.3, 0.4) is 0 Å². The molecule has 10 aromatic rings. The van der Waals surface area contributed by atoms with Crippen molar-refractivity contribution in [2.45, 2.75) is 63.2 Å². The molecule has 0 saturated carbocycles. The van der Waals surface area contributed by atoms with Gasteiger partial charge in [-0.15, -0.1) is 22.7 Å². The van der Waals surface area contributed by atoms with Gasteiger partial charge < -0.3 is 43.8 Å². The van der Waals surface area contributed by atoms with Gasteiger partial charge in [-0.2, -0.15) is 20.7 Å². The normalized spacial score (nSPS) is 12.5. The molecule has 4 aromatic heterocycles. The Labute approximate surface area is 588 Å². The molecular formula is C64H50ClF4KN10O12S2. The number of carboxylic acids is 1. The third-order valence-corrected chi connectivity index (χ3v) is 16.3. The van der Waals surface area contributed by atoms with Crippen LogP contribution in [0.15, 0.2) is 170 Å². The number of hydrogen-bond donors (Lipinski definition) is 2. The first-order valence-corrected chi connectivity index (χ1v) is 29.6.